The van der Waals surface area contributed by atoms with Crippen molar-refractivity contribution in [1.82, 2.24) is 9.47 Å². The monoisotopic (exact) mass is 450 g/mol. The molecule has 0 saturated carbocycles. The number of sulfone groups is 1. The van der Waals surface area contributed by atoms with Gasteiger partial charge in [0.15, 0.2) is 9.84 Å². The van der Waals surface area contributed by atoms with Gasteiger partial charge < -0.3 is 14.4 Å². The van der Waals surface area contributed by atoms with Crippen molar-refractivity contribution in [2.45, 2.75) is 38.2 Å². The average Bonchev–Trinajstić information content (AvgIpc) is 2.64. The second-order valence-corrected chi connectivity index (χ2v) is 10.6. The van der Waals surface area contributed by atoms with Gasteiger partial charge in [-0.25, -0.2) is 13.2 Å². The number of amides is 1. The summed E-state index contributed by atoms with van der Waals surface area (Å²) in [6, 6.07) is 9.11. The molecule has 0 aliphatic carbocycles. The Morgan fingerprint density at radius 1 is 1.16 bits per heavy atom. The van der Waals surface area contributed by atoms with Gasteiger partial charge in [-0.2, -0.15) is 0 Å². The van der Waals surface area contributed by atoms with E-state index in [0.717, 1.165) is 6.26 Å². The predicted molar refractivity (Wildman–Crippen MR) is 119 cm³/mol. The van der Waals surface area contributed by atoms with Crippen LogP contribution in [0.25, 0.3) is 5.69 Å². The molecule has 9 heteroatoms. The van der Waals surface area contributed by atoms with Crippen molar-refractivity contribution < 1.29 is 22.7 Å². The third kappa shape index (κ3) is 7.43. The molecule has 0 aliphatic rings. The Labute approximate surface area is 183 Å². The quantitative estimate of drug-likeness (QED) is 0.643. The summed E-state index contributed by atoms with van der Waals surface area (Å²) in [5.41, 5.74) is -0.306. The molecule has 1 heterocycles. The SMILES string of the molecule is CC(COc1ccn(-c2ccc(S(C)(=O)=O)cc2)c(=O)c1)CN(C)C(=O)OC(C)(C)C. The van der Waals surface area contributed by atoms with E-state index in [0.29, 0.717) is 24.6 Å². The fraction of sp³-hybridized carbons (Fsp3) is 0.455. The molecule has 2 rings (SSSR count). The van der Waals surface area contributed by atoms with Crippen LogP contribution in [0.4, 0.5) is 4.79 Å². The summed E-state index contributed by atoms with van der Waals surface area (Å²) < 4.78 is 35.6. The third-order valence-electron chi connectivity index (χ3n) is 4.26. The van der Waals surface area contributed by atoms with Gasteiger partial charge in [-0.1, -0.05) is 6.92 Å². The molecule has 0 spiro atoms. The maximum atomic E-state index is 12.5. The first-order valence-electron chi connectivity index (χ1n) is 9.86. The van der Waals surface area contributed by atoms with Crippen LogP contribution in [0.2, 0.25) is 0 Å². The average molecular weight is 451 g/mol. The van der Waals surface area contributed by atoms with Crippen molar-refractivity contribution in [3.63, 3.8) is 0 Å². The highest BCUT2D eigenvalue weighted by Crippen LogP contribution is 2.15. The normalized spacial score (nSPS) is 12.8. The van der Waals surface area contributed by atoms with Crippen LogP contribution in [0, 0.1) is 5.92 Å². The minimum absolute atomic E-state index is 0.0171. The van der Waals surface area contributed by atoms with Crippen LogP contribution in [0.5, 0.6) is 5.75 Å². The molecule has 0 N–H and O–H groups in total. The molecule has 0 bridgehead atoms. The molecule has 0 radical (unpaired) electrons. The smallest absolute Gasteiger partial charge is 0.410 e. The molecular formula is C22H30N2O6S. The van der Waals surface area contributed by atoms with Gasteiger partial charge >= 0.3 is 6.09 Å². The van der Waals surface area contributed by atoms with Crippen molar-refractivity contribution in [3.05, 3.63) is 52.9 Å². The summed E-state index contributed by atoms with van der Waals surface area (Å²) in [6.07, 6.45) is 2.31. The van der Waals surface area contributed by atoms with Crippen molar-refractivity contribution >= 4 is 15.9 Å². The van der Waals surface area contributed by atoms with Gasteiger partial charge in [-0.05, 0) is 51.1 Å². The standard InChI is InChI=1S/C22H30N2O6S/c1-16(14-23(5)21(26)30-22(2,3)4)15-29-18-11-12-24(20(25)13-18)17-7-9-19(10-8-17)31(6,27)28/h7-13,16H,14-15H2,1-6H3. The van der Waals surface area contributed by atoms with Crippen LogP contribution in [0.15, 0.2) is 52.3 Å². The topological polar surface area (TPSA) is 94.9 Å². The van der Waals surface area contributed by atoms with Gasteiger partial charge in [0, 0.05) is 43.7 Å². The number of hydrogen-bond acceptors (Lipinski definition) is 6. The molecule has 0 saturated heterocycles. The van der Waals surface area contributed by atoms with Crippen molar-refractivity contribution in [1.29, 1.82) is 0 Å². The van der Waals surface area contributed by atoms with Crippen LogP contribution < -0.4 is 10.3 Å². The number of carbonyl (C=O) groups is 1. The predicted octanol–water partition coefficient (Wildman–Crippen LogP) is 3.12. The van der Waals surface area contributed by atoms with Gasteiger partial charge in [0.05, 0.1) is 11.5 Å². The number of aromatic nitrogens is 1. The summed E-state index contributed by atoms with van der Waals surface area (Å²) in [4.78, 5) is 26.2. The molecule has 0 fully saturated rings. The Morgan fingerprint density at radius 3 is 2.29 bits per heavy atom. The van der Waals surface area contributed by atoms with Gasteiger partial charge in [-0.15, -0.1) is 0 Å². The molecule has 1 unspecified atom stereocenters. The second kappa shape index (κ2) is 9.55. The molecular weight excluding hydrogens is 420 g/mol. The van der Waals surface area contributed by atoms with Crippen molar-refractivity contribution in [2.75, 3.05) is 26.5 Å². The zero-order valence-corrected chi connectivity index (χ0v) is 19.6. The van der Waals surface area contributed by atoms with E-state index in [2.05, 4.69) is 0 Å². The van der Waals surface area contributed by atoms with E-state index in [9.17, 15) is 18.0 Å². The first-order valence-corrected chi connectivity index (χ1v) is 11.8. The van der Waals surface area contributed by atoms with E-state index < -0.39 is 21.5 Å². The zero-order valence-electron chi connectivity index (χ0n) is 18.8. The van der Waals surface area contributed by atoms with Crippen LogP contribution in [-0.2, 0) is 14.6 Å². The molecule has 1 aromatic carbocycles. The summed E-state index contributed by atoms with van der Waals surface area (Å²) in [5.74, 6) is 0.435. The van der Waals surface area contributed by atoms with Crippen LogP contribution in [0.1, 0.15) is 27.7 Å². The highest BCUT2D eigenvalue weighted by molar-refractivity contribution is 7.90. The summed E-state index contributed by atoms with van der Waals surface area (Å²) in [7, 11) is -1.63. The van der Waals surface area contributed by atoms with Gasteiger partial charge in [0.1, 0.15) is 11.4 Å². The molecule has 2 aromatic rings. The number of rotatable bonds is 7. The summed E-state index contributed by atoms with van der Waals surface area (Å²) in [5, 5.41) is 0. The fourth-order valence-corrected chi connectivity index (χ4v) is 3.42. The highest BCUT2D eigenvalue weighted by atomic mass is 32.2. The lowest BCUT2D eigenvalue weighted by molar-refractivity contribution is 0.0265. The lowest BCUT2D eigenvalue weighted by Gasteiger charge is -2.26. The summed E-state index contributed by atoms with van der Waals surface area (Å²) >= 11 is 0. The molecule has 1 aromatic heterocycles. The van der Waals surface area contributed by atoms with Gasteiger partial charge in [0.2, 0.25) is 0 Å². The first kappa shape index (κ1) is 24.5. The van der Waals surface area contributed by atoms with E-state index in [1.54, 1.807) is 31.4 Å². The van der Waals surface area contributed by atoms with Crippen LogP contribution in [-0.4, -0.2) is 56.0 Å². The minimum atomic E-state index is -3.30. The lowest BCUT2D eigenvalue weighted by atomic mass is 10.2. The van der Waals surface area contributed by atoms with Crippen molar-refractivity contribution in [3.8, 4) is 11.4 Å². The number of pyridine rings is 1. The van der Waals surface area contributed by atoms with Crippen LogP contribution >= 0.6 is 0 Å². The Kier molecular flexibility index (Phi) is 7.54. The number of carbonyl (C=O) groups excluding carboxylic acids is 1. The maximum absolute atomic E-state index is 12.5. The molecule has 8 nitrogen and oxygen atoms in total. The molecule has 1 atom stereocenters. The largest absolute Gasteiger partial charge is 0.493 e. The Bertz CT molecular complexity index is 1070. The maximum Gasteiger partial charge on any atom is 0.410 e. The van der Waals surface area contributed by atoms with E-state index >= 15 is 0 Å². The summed E-state index contributed by atoms with van der Waals surface area (Å²) in [6.45, 7) is 8.14. The Balaban J connectivity index is 1.98. The fourth-order valence-electron chi connectivity index (χ4n) is 2.79. The first-order chi connectivity index (χ1) is 14.3. The van der Waals surface area contributed by atoms with E-state index in [-0.39, 0.29) is 16.4 Å². The Hall–Kier alpha value is -2.81. The van der Waals surface area contributed by atoms with Crippen LogP contribution in [0.3, 0.4) is 0 Å². The number of ether oxygens (including phenoxy) is 2. The van der Waals surface area contributed by atoms with Crippen molar-refractivity contribution in [2.24, 2.45) is 5.92 Å². The van der Waals surface area contributed by atoms with Gasteiger partial charge in [-0.3, -0.25) is 9.36 Å². The minimum Gasteiger partial charge on any atom is -0.493 e. The molecule has 0 aliphatic heterocycles. The molecule has 170 valence electrons. The molecule has 31 heavy (non-hydrogen) atoms. The van der Waals surface area contributed by atoms with Gasteiger partial charge in [0.25, 0.3) is 5.56 Å². The Morgan fingerprint density at radius 2 is 1.77 bits per heavy atom. The van der Waals surface area contributed by atoms with E-state index in [1.807, 2.05) is 27.7 Å². The van der Waals surface area contributed by atoms with E-state index in [4.69, 9.17) is 9.47 Å². The number of hydrogen-bond donors (Lipinski definition) is 0. The van der Waals surface area contributed by atoms with E-state index in [1.165, 1.54) is 27.7 Å². The zero-order chi connectivity index (χ0) is 23.4. The third-order valence-corrected chi connectivity index (χ3v) is 5.39. The highest BCUT2D eigenvalue weighted by Gasteiger charge is 2.21. The molecule has 1 amide bonds. The number of nitrogens with zero attached hydrogens (tertiary/aromatic N) is 2. The lowest BCUT2D eigenvalue weighted by Crippen LogP contribution is -2.37. The second-order valence-electron chi connectivity index (χ2n) is 8.61. The number of benzene rings is 1.